The van der Waals surface area contributed by atoms with Crippen LogP contribution in [0.4, 0.5) is 16.3 Å². The highest BCUT2D eigenvalue weighted by Crippen LogP contribution is 2.35. The summed E-state index contributed by atoms with van der Waals surface area (Å²) >= 11 is 0. The van der Waals surface area contributed by atoms with Gasteiger partial charge in [-0.15, -0.1) is 0 Å². The monoisotopic (exact) mass is 517 g/mol. The molecule has 2 aromatic carbocycles. The molecule has 0 aliphatic carbocycles. The number of nitrogens with one attached hydrogen (secondary N) is 2. The molecular formula is C29H31N3O6. The molecule has 0 saturated heterocycles. The molecule has 0 bridgehead atoms. The molecule has 4 rings (SSSR count). The van der Waals surface area contributed by atoms with E-state index in [2.05, 4.69) is 15.6 Å². The highest BCUT2D eigenvalue weighted by molar-refractivity contribution is 6.00. The summed E-state index contributed by atoms with van der Waals surface area (Å²) in [6.07, 6.45) is 1.90. The van der Waals surface area contributed by atoms with Crippen LogP contribution in [-0.2, 0) is 11.8 Å². The number of rotatable bonds is 6. The number of pyridine rings is 1. The number of phenolic OH excluding ortho intramolecular Hbond substituents is 1. The first kappa shape index (κ1) is 26.5. The molecule has 0 radical (unpaired) electrons. The lowest BCUT2D eigenvalue weighted by Gasteiger charge is -2.21. The van der Waals surface area contributed by atoms with Gasteiger partial charge in [0.05, 0.1) is 19.9 Å². The average Bonchev–Trinajstić information content (AvgIpc) is 2.86. The first-order valence-corrected chi connectivity index (χ1v) is 12.0. The Hall–Kier alpha value is -4.53. The Labute approximate surface area is 220 Å². The number of amides is 2. The van der Waals surface area contributed by atoms with Crippen molar-refractivity contribution in [3.05, 3.63) is 81.3 Å². The van der Waals surface area contributed by atoms with Crippen LogP contribution in [0.5, 0.6) is 17.2 Å². The number of aromatic hydroxyl groups is 1. The quantitative estimate of drug-likeness (QED) is 0.278. The number of carbonyl (C=O) groups excluding carboxylic acids is 1. The van der Waals surface area contributed by atoms with E-state index in [0.717, 1.165) is 22.1 Å². The Morgan fingerprint density at radius 2 is 1.82 bits per heavy atom. The average molecular weight is 518 g/mol. The van der Waals surface area contributed by atoms with Gasteiger partial charge in [-0.25, -0.2) is 14.6 Å². The van der Waals surface area contributed by atoms with Gasteiger partial charge in [0, 0.05) is 41.3 Å². The lowest BCUT2D eigenvalue weighted by molar-refractivity contribution is 0.262. The van der Waals surface area contributed by atoms with Gasteiger partial charge in [-0.05, 0) is 47.7 Å². The van der Waals surface area contributed by atoms with Crippen molar-refractivity contribution in [1.29, 1.82) is 0 Å². The van der Waals surface area contributed by atoms with Crippen LogP contribution in [0.3, 0.4) is 0 Å². The molecule has 0 aliphatic heterocycles. The maximum atomic E-state index is 12.8. The van der Waals surface area contributed by atoms with E-state index in [1.165, 1.54) is 20.3 Å². The molecule has 2 heterocycles. The number of aromatic nitrogens is 1. The standard InChI is InChI=1S/C29H31N3O6/c1-16-19-13-21(29(2,3)4)23(33)14-25(19)38-27(34)20(16)11-17-7-10-26(30-15-17)32-28(35)31-22-12-18(36-5)8-9-24(22)37-6/h7-10,12-15,33H,11H2,1-6H3,(H2,30,31,32,35). The summed E-state index contributed by atoms with van der Waals surface area (Å²) in [6.45, 7) is 7.91. The summed E-state index contributed by atoms with van der Waals surface area (Å²) in [5.41, 5.74) is 2.89. The second-order valence-corrected chi connectivity index (χ2v) is 9.98. The fourth-order valence-electron chi connectivity index (χ4n) is 4.22. The second kappa shape index (κ2) is 10.5. The molecule has 2 amide bonds. The van der Waals surface area contributed by atoms with Crippen LogP contribution < -0.4 is 25.7 Å². The van der Waals surface area contributed by atoms with E-state index in [0.29, 0.717) is 40.6 Å². The van der Waals surface area contributed by atoms with E-state index in [-0.39, 0.29) is 11.2 Å². The Balaban J connectivity index is 1.53. The van der Waals surface area contributed by atoms with E-state index in [4.69, 9.17) is 13.9 Å². The lowest BCUT2D eigenvalue weighted by Crippen LogP contribution is -2.20. The minimum Gasteiger partial charge on any atom is -0.508 e. The van der Waals surface area contributed by atoms with Crippen LogP contribution in [0.1, 0.15) is 43.0 Å². The van der Waals surface area contributed by atoms with Crippen molar-refractivity contribution in [2.45, 2.75) is 39.5 Å². The number of ether oxygens (including phenoxy) is 2. The number of phenols is 1. The van der Waals surface area contributed by atoms with Crippen molar-refractivity contribution in [2.24, 2.45) is 0 Å². The molecule has 9 nitrogen and oxygen atoms in total. The van der Waals surface area contributed by atoms with E-state index >= 15 is 0 Å². The molecule has 0 aliphatic rings. The van der Waals surface area contributed by atoms with Crippen LogP contribution >= 0.6 is 0 Å². The van der Waals surface area contributed by atoms with Gasteiger partial charge in [-0.2, -0.15) is 0 Å². The van der Waals surface area contributed by atoms with Crippen LogP contribution in [0.15, 0.2) is 57.9 Å². The fraction of sp³-hybridized carbons (Fsp3) is 0.276. The minimum absolute atomic E-state index is 0.0986. The van der Waals surface area contributed by atoms with Crippen LogP contribution in [-0.4, -0.2) is 30.3 Å². The first-order chi connectivity index (χ1) is 18.0. The zero-order chi connectivity index (χ0) is 27.6. The number of benzene rings is 2. The number of hydrogen-bond acceptors (Lipinski definition) is 7. The molecule has 0 fully saturated rings. The van der Waals surface area contributed by atoms with Gasteiger partial charge in [-0.1, -0.05) is 26.8 Å². The molecule has 0 spiro atoms. The predicted molar refractivity (Wildman–Crippen MR) is 147 cm³/mol. The molecule has 198 valence electrons. The topological polar surface area (TPSA) is 123 Å². The van der Waals surface area contributed by atoms with Gasteiger partial charge in [0.2, 0.25) is 0 Å². The second-order valence-electron chi connectivity index (χ2n) is 9.98. The minimum atomic E-state index is -0.499. The molecule has 38 heavy (non-hydrogen) atoms. The van der Waals surface area contributed by atoms with E-state index in [1.807, 2.05) is 33.8 Å². The molecule has 0 saturated carbocycles. The molecule has 0 atom stereocenters. The summed E-state index contributed by atoms with van der Waals surface area (Å²) in [5.74, 6) is 1.49. The maximum absolute atomic E-state index is 12.8. The fourth-order valence-corrected chi connectivity index (χ4v) is 4.22. The predicted octanol–water partition coefficient (Wildman–Crippen LogP) is 5.75. The number of carbonyl (C=O) groups is 1. The number of methoxy groups -OCH3 is 2. The van der Waals surface area contributed by atoms with Crippen molar-refractivity contribution in [3.63, 3.8) is 0 Å². The molecule has 2 aromatic heterocycles. The number of hydrogen-bond donors (Lipinski definition) is 3. The number of anilines is 2. The Morgan fingerprint density at radius 1 is 1.05 bits per heavy atom. The number of nitrogens with zero attached hydrogens (tertiary/aromatic N) is 1. The third-order valence-corrected chi connectivity index (χ3v) is 6.31. The van der Waals surface area contributed by atoms with Crippen molar-refractivity contribution in [3.8, 4) is 17.2 Å². The lowest BCUT2D eigenvalue weighted by atomic mass is 9.85. The number of aryl methyl sites for hydroxylation is 1. The van der Waals surface area contributed by atoms with E-state index in [1.54, 1.807) is 36.5 Å². The zero-order valence-electron chi connectivity index (χ0n) is 22.3. The maximum Gasteiger partial charge on any atom is 0.340 e. The third kappa shape index (κ3) is 5.56. The summed E-state index contributed by atoms with van der Waals surface area (Å²) in [4.78, 5) is 29.6. The van der Waals surface area contributed by atoms with Gasteiger partial charge in [-0.3, -0.25) is 5.32 Å². The van der Waals surface area contributed by atoms with Gasteiger partial charge in [0.1, 0.15) is 28.6 Å². The van der Waals surface area contributed by atoms with Gasteiger partial charge in [0.15, 0.2) is 0 Å². The molecular weight excluding hydrogens is 486 g/mol. The summed E-state index contributed by atoms with van der Waals surface area (Å²) < 4.78 is 16.0. The Bertz CT molecular complexity index is 1550. The normalized spacial score (nSPS) is 11.3. The van der Waals surface area contributed by atoms with E-state index < -0.39 is 11.7 Å². The van der Waals surface area contributed by atoms with Gasteiger partial charge >= 0.3 is 11.7 Å². The van der Waals surface area contributed by atoms with Crippen LogP contribution in [0, 0.1) is 6.92 Å². The largest absolute Gasteiger partial charge is 0.508 e. The summed E-state index contributed by atoms with van der Waals surface area (Å²) in [5, 5.41) is 16.6. The SMILES string of the molecule is COc1ccc(OC)c(NC(=O)Nc2ccc(Cc3c(C)c4cc(C(C)(C)C)c(O)cc4oc3=O)cn2)c1. The summed E-state index contributed by atoms with van der Waals surface area (Å²) in [7, 11) is 3.05. The number of urea groups is 1. The van der Waals surface area contributed by atoms with Gasteiger partial charge < -0.3 is 24.3 Å². The molecule has 3 N–H and O–H groups in total. The van der Waals surface area contributed by atoms with E-state index in [9.17, 15) is 14.7 Å². The third-order valence-electron chi connectivity index (χ3n) is 6.31. The zero-order valence-corrected chi connectivity index (χ0v) is 22.3. The number of fused-ring (bicyclic) bond motifs is 1. The van der Waals surface area contributed by atoms with Gasteiger partial charge in [0.25, 0.3) is 0 Å². The van der Waals surface area contributed by atoms with Crippen molar-refractivity contribution >= 4 is 28.5 Å². The van der Waals surface area contributed by atoms with Crippen LogP contribution in [0.25, 0.3) is 11.0 Å². The smallest absolute Gasteiger partial charge is 0.340 e. The van der Waals surface area contributed by atoms with Crippen molar-refractivity contribution < 1.29 is 23.8 Å². The van der Waals surface area contributed by atoms with Crippen LogP contribution in [0.2, 0.25) is 0 Å². The first-order valence-electron chi connectivity index (χ1n) is 12.0. The Kier molecular flexibility index (Phi) is 7.30. The Morgan fingerprint density at radius 3 is 2.45 bits per heavy atom. The highest BCUT2D eigenvalue weighted by Gasteiger charge is 2.21. The highest BCUT2D eigenvalue weighted by atomic mass is 16.5. The summed E-state index contributed by atoms with van der Waals surface area (Å²) in [6, 6.07) is 11.4. The van der Waals surface area contributed by atoms with Crippen molar-refractivity contribution in [2.75, 3.05) is 24.9 Å². The molecule has 0 unspecified atom stereocenters. The molecule has 9 heteroatoms. The molecule has 4 aromatic rings. The van der Waals surface area contributed by atoms with Crippen molar-refractivity contribution in [1.82, 2.24) is 4.98 Å².